The Kier molecular flexibility index (Phi) is 6.90. The fraction of sp³-hybridized carbons (Fsp3) is 0.391. The van der Waals surface area contributed by atoms with Gasteiger partial charge in [-0.15, -0.1) is 0 Å². The maximum absolute atomic E-state index is 12.9. The van der Waals surface area contributed by atoms with Crippen molar-refractivity contribution in [1.29, 1.82) is 0 Å². The van der Waals surface area contributed by atoms with Gasteiger partial charge in [-0.1, -0.05) is 23.8 Å². The van der Waals surface area contributed by atoms with Gasteiger partial charge in [0.05, 0.1) is 21.7 Å². The average Bonchev–Trinajstić information content (AvgIpc) is 3.14. The Morgan fingerprint density at radius 1 is 1.09 bits per heavy atom. The first-order valence-corrected chi connectivity index (χ1v) is 12.9. The van der Waals surface area contributed by atoms with Gasteiger partial charge in [0, 0.05) is 32.3 Å². The Morgan fingerprint density at radius 2 is 1.81 bits per heavy atom. The van der Waals surface area contributed by atoms with Crippen LogP contribution in [0.1, 0.15) is 35.2 Å². The Labute approximate surface area is 192 Å². The summed E-state index contributed by atoms with van der Waals surface area (Å²) in [6.07, 6.45) is 2.82. The van der Waals surface area contributed by atoms with E-state index in [0.717, 1.165) is 35.0 Å². The van der Waals surface area contributed by atoms with Crippen molar-refractivity contribution in [3.63, 3.8) is 0 Å². The number of carbonyl (C=O) groups excluding carboxylic acids is 1. The summed E-state index contributed by atoms with van der Waals surface area (Å²) in [6.45, 7) is 4.21. The largest absolute Gasteiger partial charge is 0.383 e. The van der Waals surface area contributed by atoms with Gasteiger partial charge in [-0.2, -0.15) is 9.30 Å². The van der Waals surface area contributed by atoms with Crippen LogP contribution in [0.25, 0.3) is 10.2 Å². The molecule has 170 valence electrons. The molecule has 0 atom stereocenters. The van der Waals surface area contributed by atoms with Crippen molar-refractivity contribution >= 4 is 37.5 Å². The maximum Gasteiger partial charge on any atom is 0.279 e. The zero-order valence-corrected chi connectivity index (χ0v) is 19.9. The standard InChI is InChI=1S/C23H27N3O4S2/c1-17-6-11-20-21(16-17)31-23(26(20)14-15-30-2)24-22(27)18-7-9-19(10-8-18)32(28,29)25-12-4-3-5-13-25/h6-11,16H,3-5,12-15H2,1-2H3. The minimum absolute atomic E-state index is 0.212. The minimum atomic E-state index is -3.53. The number of sulfonamides is 1. The molecular formula is C23H27N3O4S2. The van der Waals surface area contributed by atoms with E-state index in [1.165, 1.54) is 27.8 Å². The molecule has 0 radical (unpaired) electrons. The predicted molar refractivity (Wildman–Crippen MR) is 125 cm³/mol. The lowest BCUT2D eigenvalue weighted by Gasteiger charge is -2.25. The van der Waals surface area contributed by atoms with Crippen LogP contribution in [0, 0.1) is 6.92 Å². The first-order valence-electron chi connectivity index (χ1n) is 10.7. The van der Waals surface area contributed by atoms with Crippen molar-refractivity contribution < 1.29 is 17.9 Å². The van der Waals surface area contributed by atoms with Gasteiger partial charge >= 0.3 is 0 Å². The number of nitrogens with zero attached hydrogens (tertiary/aromatic N) is 3. The number of hydrogen-bond acceptors (Lipinski definition) is 5. The first-order chi connectivity index (χ1) is 15.4. The molecule has 4 rings (SSSR count). The van der Waals surface area contributed by atoms with Crippen LogP contribution in [-0.4, -0.2) is 50.0 Å². The summed E-state index contributed by atoms with van der Waals surface area (Å²) in [6, 6.07) is 12.2. The van der Waals surface area contributed by atoms with Crippen molar-refractivity contribution in [2.75, 3.05) is 26.8 Å². The number of methoxy groups -OCH3 is 1. The van der Waals surface area contributed by atoms with Crippen LogP contribution >= 0.6 is 11.3 Å². The Hall–Kier alpha value is -2.33. The van der Waals surface area contributed by atoms with Crippen LogP contribution in [0.15, 0.2) is 52.4 Å². The molecule has 3 aromatic rings. The summed E-state index contributed by atoms with van der Waals surface area (Å²) in [5.74, 6) is -0.402. The summed E-state index contributed by atoms with van der Waals surface area (Å²) in [5.41, 5.74) is 2.50. The lowest BCUT2D eigenvalue weighted by atomic mass is 10.2. The Bertz CT molecular complexity index is 1290. The number of amides is 1. The van der Waals surface area contributed by atoms with E-state index in [4.69, 9.17) is 4.74 Å². The van der Waals surface area contributed by atoms with Gasteiger partial charge in [-0.25, -0.2) is 8.42 Å². The molecule has 1 aliphatic rings. The van der Waals surface area contributed by atoms with E-state index in [9.17, 15) is 13.2 Å². The third kappa shape index (κ3) is 4.71. The van der Waals surface area contributed by atoms with Crippen molar-refractivity contribution in [2.45, 2.75) is 37.6 Å². The van der Waals surface area contributed by atoms with Crippen molar-refractivity contribution in [1.82, 2.24) is 8.87 Å². The minimum Gasteiger partial charge on any atom is -0.383 e. The molecule has 0 saturated carbocycles. The lowest BCUT2D eigenvalue weighted by molar-refractivity contribution is 0.0997. The lowest BCUT2D eigenvalue weighted by Crippen LogP contribution is -2.35. The molecule has 1 amide bonds. The normalized spacial score (nSPS) is 16.0. The molecule has 0 bridgehead atoms. The van der Waals surface area contributed by atoms with Crippen LogP contribution in [-0.2, 0) is 21.3 Å². The molecular weight excluding hydrogens is 446 g/mol. The number of ether oxygens (including phenoxy) is 1. The number of aromatic nitrogens is 1. The van der Waals surface area contributed by atoms with Gasteiger partial charge < -0.3 is 9.30 Å². The predicted octanol–water partition coefficient (Wildman–Crippen LogP) is 3.57. The molecule has 32 heavy (non-hydrogen) atoms. The SMILES string of the molecule is COCCn1c(=NC(=O)c2ccc(S(=O)(=O)N3CCCCC3)cc2)sc2cc(C)ccc21. The number of benzene rings is 2. The fourth-order valence-corrected chi connectivity index (χ4v) is 6.51. The van der Waals surface area contributed by atoms with Crippen molar-refractivity contribution in [3.05, 3.63) is 58.4 Å². The van der Waals surface area contributed by atoms with Crippen LogP contribution in [0.5, 0.6) is 0 Å². The number of rotatable bonds is 6. The van der Waals surface area contributed by atoms with Crippen LogP contribution < -0.4 is 4.80 Å². The van der Waals surface area contributed by atoms with Gasteiger partial charge in [0.2, 0.25) is 10.0 Å². The number of piperidine rings is 1. The zero-order chi connectivity index (χ0) is 22.7. The first kappa shape index (κ1) is 22.8. The van der Waals surface area contributed by atoms with E-state index in [1.54, 1.807) is 19.2 Å². The Balaban J connectivity index is 1.64. The quantitative estimate of drug-likeness (QED) is 0.548. The Morgan fingerprint density at radius 3 is 2.50 bits per heavy atom. The van der Waals surface area contributed by atoms with E-state index in [-0.39, 0.29) is 4.90 Å². The highest BCUT2D eigenvalue weighted by atomic mass is 32.2. The number of thiazole rings is 1. The second-order valence-corrected chi connectivity index (χ2v) is 10.9. The van der Waals surface area contributed by atoms with Gasteiger partial charge in [0.25, 0.3) is 5.91 Å². The zero-order valence-electron chi connectivity index (χ0n) is 18.3. The van der Waals surface area contributed by atoms with Gasteiger partial charge in [-0.05, 0) is 61.7 Å². The topological polar surface area (TPSA) is 81.0 Å². The van der Waals surface area contributed by atoms with Crippen molar-refractivity contribution in [3.8, 4) is 0 Å². The van der Waals surface area contributed by atoms with E-state index in [2.05, 4.69) is 11.1 Å². The highest BCUT2D eigenvalue weighted by molar-refractivity contribution is 7.89. The van der Waals surface area contributed by atoms with E-state index in [0.29, 0.717) is 36.6 Å². The molecule has 0 aliphatic carbocycles. The molecule has 1 saturated heterocycles. The number of fused-ring (bicyclic) bond motifs is 1. The molecule has 9 heteroatoms. The van der Waals surface area contributed by atoms with Crippen LogP contribution in [0.3, 0.4) is 0 Å². The van der Waals surface area contributed by atoms with E-state index in [1.807, 2.05) is 23.6 Å². The molecule has 1 aromatic heterocycles. The average molecular weight is 474 g/mol. The smallest absolute Gasteiger partial charge is 0.279 e. The number of aryl methyl sites for hydroxylation is 1. The van der Waals surface area contributed by atoms with E-state index < -0.39 is 15.9 Å². The van der Waals surface area contributed by atoms with Gasteiger partial charge in [-0.3, -0.25) is 4.79 Å². The molecule has 1 aliphatic heterocycles. The maximum atomic E-state index is 12.9. The van der Waals surface area contributed by atoms with Crippen LogP contribution in [0.2, 0.25) is 0 Å². The summed E-state index contributed by atoms with van der Waals surface area (Å²) in [4.78, 5) is 18.0. The second kappa shape index (κ2) is 9.66. The second-order valence-electron chi connectivity index (χ2n) is 7.91. The third-order valence-corrected chi connectivity index (χ3v) is 8.56. The molecule has 2 heterocycles. The highest BCUT2D eigenvalue weighted by Gasteiger charge is 2.26. The van der Waals surface area contributed by atoms with Gasteiger partial charge in [0.15, 0.2) is 4.80 Å². The number of hydrogen-bond donors (Lipinski definition) is 0. The molecule has 7 nitrogen and oxygen atoms in total. The number of carbonyl (C=O) groups is 1. The highest BCUT2D eigenvalue weighted by Crippen LogP contribution is 2.22. The molecule has 0 unspecified atom stereocenters. The summed E-state index contributed by atoms with van der Waals surface area (Å²) in [7, 11) is -1.89. The summed E-state index contributed by atoms with van der Waals surface area (Å²) in [5, 5.41) is 0. The van der Waals surface area contributed by atoms with E-state index >= 15 is 0 Å². The summed E-state index contributed by atoms with van der Waals surface area (Å²) >= 11 is 1.46. The third-order valence-electron chi connectivity index (χ3n) is 5.61. The molecule has 2 aromatic carbocycles. The fourth-order valence-electron chi connectivity index (χ4n) is 3.84. The van der Waals surface area contributed by atoms with Crippen LogP contribution in [0.4, 0.5) is 0 Å². The summed E-state index contributed by atoms with van der Waals surface area (Å²) < 4.78 is 35.5. The van der Waals surface area contributed by atoms with Gasteiger partial charge in [0.1, 0.15) is 0 Å². The molecule has 0 N–H and O–H groups in total. The van der Waals surface area contributed by atoms with Crippen molar-refractivity contribution in [2.24, 2.45) is 4.99 Å². The molecule has 1 fully saturated rings. The molecule has 0 spiro atoms. The monoisotopic (exact) mass is 473 g/mol.